The summed E-state index contributed by atoms with van der Waals surface area (Å²) >= 11 is 0. The molecule has 3 aliphatic rings. The van der Waals surface area contributed by atoms with Gasteiger partial charge in [-0.25, -0.2) is 0 Å². The van der Waals surface area contributed by atoms with E-state index in [1.807, 2.05) is 0 Å². The fourth-order valence-corrected chi connectivity index (χ4v) is 5.44. The zero-order valence-corrected chi connectivity index (χ0v) is 11.6. The zero-order valence-electron chi connectivity index (χ0n) is 11.6. The minimum atomic E-state index is -0.759. The predicted octanol–water partition coefficient (Wildman–Crippen LogP) is 1.76. The predicted molar refractivity (Wildman–Crippen MR) is 67.9 cm³/mol. The van der Waals surface area contributed by atoms with E-state index in [0.29, 0.717) is 5.92 Å². The maximum atomic E-state index is 12.0. The third-order valence-electron chi connectivity index (χ3n) is 6.55. The third kappa shape index (κ3) is 1.20. The van der Waals surface area contributed by atoms with Crippen molar-refractivity contribution in [1.82, 2.24) is 0 Å². The number of aliphatic hydroxyl groups is 2. The highest BCUT2D eigenvalue weighted by Crippen LogP contribution is 2.73. The van der Waals surface area contributed by atoms with Crippen LogP contribution in [0.15, 0.2) is 0 Å². The largest absolute Gasteiger partial charge is 0.396 e. The van der Waals surface area contributed by atoms with Gasteiger partial charge in [0.15, 0.2) is 0 Å². The van der Waals surface area contributed by atoms with Crippen molar-refractivity contribution in [2.24, 2.45) is 28.6 Å². The summed E-state index contributed by atoms with van der Waals surface area (Å²) in [6, 6.07) is 0. The Morgan fingerprint density at radius 3 is 2.39 bits per heavy atom. The van der Waals surface area contributed by atoms with Crippen molar-refractivity contribution in [2.75, 3.05) is 6.61 Å². The number of carbonyl (C=O) groups excluding carboxylic acids is 1. The van der Waals surface area contributed by atoms with Gasteiger partial charge in [-0.05, 0) is 49.9 Å². The molecule has 0 bridgehead atoms. The Morgan fingerprint density at radius 2 is 1.94 bits per heavy atom. The van der Waals surface area contributed by atoms with Gasteiger partial charge in [0.05, 0.1) is 5.60 Å². The summed E-state index contributed by atoms with van der Waals surface area (Å²) in [6.45, 7) is 6.08. The molecule has 2 N–H and O–H groups in total. The molecule has 0 heterocycles. The molecule has 0 aromatic carbocycles. The van der Waals surface area contributed by atoms with Crippen LogP contribution in [0.3, 0.4) is 0 Å². The van der Waals surface area contributed by atoms with Crippen LogP contribution in [0.1, 0.15) is 46.5 Å². The second-order valence-electron chi connectivity index (χ2n) is 7.58. The second kappa shape index (κ2) is 3.37. The van der Waals surface area contributed by atoms with E-state index in [2.05, 4.69) is 13.8 Å². The van der Waals surface area contributed by atoms with Gasteiger partial charge in [0, 0.05) is 17.9 Å². The molecule has 0 radical (unpaired) electrons. The topological polar surface area (TPSA) is 57.5 Å². The van der Waals surface area contributed by atoms with Crippen LogP contribution in [0.5, 0.6) is 0 Å². The smallest absolute Gasteiger partial charge is 0.136 e. The fraction of sp³-hybridized carbons (Fsp3) is 0.933. The standard InChI is InChI=1S/C15H24O3/c1-9(17)12-10-6-13(2,8-16)7-11(10)14(3)4-5-15(12,14)18/h10-12,16,18H,4-8H2,1-3H3. The van der Waals surface area contributed by atoms with E-state index in [-0.39, 0.29) is 35.1 Å². The molecular formula is C15H24O3. The first kappa shape index (κ1) is 12.6. The average molecular weight is 252 g/mol. The Hall–Kier alpha value is -0.410. The van der Waals surface area contributed by atoms with Crippen molar-refractivity contribution in [2.45, 2.75) is 52.1 Å². The summed E-state index contributed by atoms with van der Waals surface area (Å²) in [5.74, 6) is 0.618. The first-order valence-electron chi connectivity index (χ1n) is 7.11. The molecule has 18 heavy (non-hydrogen) atoms. The molecule has 3 fully saturated rings. The number of carbonyl (C=O) groups is 1. The highest BCUT2D eigenvalue weighted by molar-refractivity contribution is 5.81. The maximum Gasteiger partial charge on any atom is 0.136 e. The highest BCUT2D eigenvalue weighted by atomic mass is 16.3. The monoisotopic (exact) mass is 252 g/mol. The van der Waals surface area contributed by atoms with Gasteiger partial charge in [-0.3, -0.25) is 4.79 Å². The van der Waals surface area contributed by atoms with Crippen LogP contribution < -0.4 is 0 Å². The molecule has 0 amide bonds. The number of fused-ring (bicyclic) bond motifs is 3. The Morgan fingerprint density at radius 1 is 1.28 bits per heavy atom. The quantitative estimate of drug-likeness (QED) is 0.787. The van der Waals surface area contributed by atoms with E-state index in [0.717, 1.165) is 25.7 Å². The highest BCUT2D eigenvalue weighted by Gasteiger charge is 2.74. The summed E-state index contributed by atoms with van der Waals surface area (Å²) in [5.41, 5.74) is -0.908. The summed E-state index contributed by atoms with van der Waals surface area (Å²) in [4.78, 5) is 12.0. The van der Waals surface area contributed by atoms with E-state index >= 15 is 0 Å². The molecule has 3 aliphatic carbocycles. The Kier molecular flexibility index (Phi) is 2.36. The fourth-order valence-electron chi connectivity index (χ4n) is 5.44. The Balaban J connectivity index is 2.00. The number of aliphatic hydroxyl groups excluding tert-OH is 1. The van der Waals surface area contributed by atoms with Crippen molar-refractivity contribution in [1.29, 1.82) is 0 Å². The van der Waals surface area contributed by atoms with E-state index in [9.17, 15) is 15.0 Å². The lowest BCUT2D eigenvalue weighted by Gasteiger charge is -2.55. The van der Waals surface area contributed by atoms with E-state index < -0.39 is 5.60 Å². The molecular weight excluding hydrogens is 228 g/mol. The van der Waals surface area contributed by atoms with Crippen LogP contribution in [0.2, 0.25) is 0 Å². The molecule has 6 atom stereocenters. The molecule has 3 heteroatoms. The van der Waals surface area contributed by atoms with Crippen LogP contribution >= 0.6 is 0 Å². The molecule has 0 aliphatic heterocycles. The molecule has 6 unspecified atom stereocenters. The molecule has 0 aromatic heterocycles. The SMILES string of the molecule is CC(=O)C1C2CC(C)(CO)CC2C2(C)CCC12O. The number of rotatable bonds is 2. The van der Waals surface area contributed by atoms with Crippen LogP contribution in [0.25, 0.3) is 0 Å². The van der Waals surface area contributed by atoms with Gasteiger partial charge in [-0.2, -0.15) is 0 Å². The molecule has 0 aromatic rings. The van der Waals surface area contributed by atoms with Crippen molar-refractivity contribution in [3.8, 4) is 0 Å². The first-order chi connectivity index (χ1) is 8.27. The molecule has 0 saturated heterocycles. The van der Waals surface area contributed by atoms with Crippen molar-refractivity contribution >= 4 is 5.78 Å². The number of ketones is 1. The van der Waals surface area contributed by atoms with Gasteiger partial charge in [-0.15, -0.1) is 0 Å². The Labute approximate surface area is 109 Å². The van der Waals surface area contributed by atoms with Gasteiger partial charge in [0.25, 0.3) is 0 Å². The molecule has 3 rings (SSSR count). The van der Waals surface area contributed by atoms with Gasteiger partial charge < -0.3 is 10.2 Å². The molecule has 102 valence electrons. The molecule has 3 saturated carbocycles. The molecule has 3 nitrogen and oxygen atoms in total. The number of hydrogen-bond donors (Lipinski definition) is 2. The van der Waals surface area contributed by atoms with E-state index in [4.69, 9.17) is 0 Å². The van der Waals surface area contributed by atoms with Crippen LogP contribution in [-0.4, -0.2) is 28.2 Å². The summed E-state index contributed by atoms with van der Waals surface area (Å²) in [6.07, 6.45) is 3.64. The van der Waals surface area contributed by atoms with Crippen LogP contribution in [0, 0.1) is 28.6 Å². The summed E-state index contributed by atoms with van der Waals surface area (Å²) in [5, 5.41) is 20.5. The van der Waals surface area contributed by atoms with Crippen molar-refractivity contribution < 1.29 is 15.0 Å². The average Bonchev–Trinajstić information content (AvgIpc) is 2.69. The molecule has 0 spiro atoms. The number of Topliss-reactive ketones (excluding diaryl/α,β-unsaturated/α-hetero) is 1. The van der Waals surface area contributed by atoms with Crippen molar-refractivity contribution in [3.63, 3.8) is 0 Å². The maximum absolute atomic E-state index is 12.0. The summed E-state index contributed by atoms with van der Waals surface area (Å²) in [7, 11) is 0. The minimum Gasteiger partial charge on any atom is -0.396 e. The minimum absolute atomic E-state index is 0.0526. The lowest BCUT2D eigenvalue weighted by Crippen LogP contribution is -2.59. The zero-order chi connectivity index (χ0) is 13.3. The van der Waals surface area contributed by atoms with Gasteiger partial charge in [0.2, 0.25) is 0 Å². The first-order valence-corrected chi connectivity index (χ1v) is 7.11. The second-order valence-corrected chi connectivity index (χ2v) is 7.58. The lowest BCUT2D eigenvalue weighted by atomic mass is 9.53. The van der Waals surface area contributed by atoms with E-state index in [1.54, 1.807) is 6.92 Å². The van der Waals surface area contributed by atoms with Gasteiger partial charge in [-0.1, -0.05) is 13.8 Å². The number of hydrogen-bond acceptors (Lipinski definition) is 3. The van der Waals surface area contributed by atoms with Gasteiger partial charge in [0.1, 0.15) is 5.78 Å². The van der Waals surface area contributed by atoms with Gasteiger partial charge >= 0.3 is 0 Å². The lowest BCUT2D eigenvalue weighted by molar-refractivity contribution is -0.181. The van der Waals surface area contributed by atoms with Crippen LogP contribution in [-0.2, 0) is 4.79 Å². The normalized spacial score (nSPS) is 57.9. The Bertz CT molecular complexity index is 407. The summed E-state index contributed by atoms with van der Waals surface area (Å²) < 4.78 is 0. The van der Waals surface area contributed by atoms with Crippen LogP contribution in [0.4, 0.5) is 0 Å². The third-order valence-corrected chi connectivity index (χ3v) is 6.55. The van der Waals surface area contributed by atoms with Crippen molar-refractivity contribution in [3.05, 3.63) is 0 Å². The van der Waals surface area contributed by atoms with E-state index in [1.165, 1.54) is 0 Å².